The highest BCUT2D eigenvalue weighted by molar-refractivity contribution is 5.92. The monoisotopic (exact) mass is 236 g/mol. The summed E-state index contributed by atoms with van der Waals surface area (Å²) in [6, 6.07) is 4.75. The van der Waals surface area contributed by atoms with E-state index in [1.165, 1.54) is 12.1 Å². The number of pyridine rings is 1. The molecule has 3 nitrogen and oxygen atoms in total. The predicted octanol–water partition coefficient (Wildman–Crippen LogP) is 2.62. The van der Waals surface area contributed by atoms with E-state index >= 15 is 0 Å². The number of aromatic nitrogens is 1. The minimum Gasteiger partial charge on any atom is -0.332 e. The van der Waals surface area contributed by atoms with Crippen molar-refractivity contribution in [3.63, 3.8) is 0 Å². The SMILES string of the molecule is CC1CCCC(C)N1C(=O)c1cccc(F)n1. The summed E-state index contributed by atoms with van der Waals surface area (Å²) in [6.07, 6.45) is 3.15. The van der Waals surface area contributed by atoms with Gasteiger partial charge in [0.25, 0.3) is 5.91 Å². The molecule has 17 heavy (non-hydrogen) atoms. The van der Waals surface area contributed by atoms with E-state index in [0.717, 1.165) is 19.3 Å². The Balaban J connectivity index is 2.24. The summed E-state index contributed by atoms with van der Waals surface area (Å²) in [7, 11) is 0. The summed E-state index contributed by atoms with van der Waals surface area (Å²) in [5.74, 6) is -0.766. The molecule has 1 aromatic heterocycles. The molecule has 0 N–H and O–H groups in total. The third-order valence-electron chi connectivity index (χ3n) is 3.36. The van der Waals surface area contributed by atoms with Crippen molar-refractivity contribution in [2.45, 2.75) is 45.2 Å². The van der Waals surface area contributed by atoms with Gasteiger partial charge in [-0.15, -0.1) is 0 Å². The van der Waals surface area contributed by atoms with E-state index in [1.54, 1.807) is 6.07 Å². The van der Waals surface area contributed by atoms with Gasteiger partial charge in [-0.3, -0.25) is 4.79 Å². The lowest BCUT2D eigenvalue weighted by Gasteiger charge is -2.38. The van der Waals surface area contributed by atoms with Gasteiger partial charge in [-0.05, 0) is 45.2 Å². The van der Waals surface area contributed by atoms with Crippen molar-refractivity contribution < 1.29 is 9.18 Å². The molecule has 2 rings (SSSR count). The molecular weight excluding hydrogens is 219 g/mol. The first-order chi connectivity index (χ1) is 8.09. The van der Waals surface area contributed by atoms with Crippen molar-refractivity contribution in [2.75, 3.05) is 0 Å². The van der Waals surface area contributed by atoms with Gasteiger partial charge in [0.2, 0.25) is 5.95 Å². The molecule has 0 saturated carbocycles. The molecule has 0 aromatic carbocycles. The molecule has 0 spiro atoms. The third-order valence-corrected chi connectivity index (χ3v) is 3.36. The number of likely N-dealkylation sites (tertiary alicyclic amines) is 1. The van der Waals surface area contributed by atoms with Gasteiger partial charge in [0.05, 0.1) is 0 Å². The second-order valence-electron chi connectivity index (χ2n) is 4.69. The molecule has 0 bridgehead atoms. The number of hydrogen-bond donors (Lipinski definition) is 0. The summed E-state index contributed by atoms with van der Waals surface area (Å²) in [6.45, 7) is 4.07. The Labute approximate surface area is 101 Å². The van der Waals surface area contributed by atoms with Crippen molar-refractivity contribution in [2.24, 2.45) is 0 Å². The largest absolute Gasteiger partial charge is 0.332 e. The average molecular weight is 236 g/mol. The Morgan fingerprint density at radius 3 is 2.59 bits per heavy atom. The van der Waals surface area contributed by atoms with Crippen LogP contribution in [0.4, 0.5) is 4.39 Å². The van der Waals surface area contributed by atoms with Crippen LogP contribution in [0.15, 0.2) is 18.2 Å². The van der Waals surface area contributed by atoms with E-state index in [2.05, 4.69) is 4.98 Å². The van der Waals surface area contributed by atoms with E-state index < -0.39 is 5.95 Å². The Morgan fingerprint density at radius 2 is 2.00 bits per heavy atom. The fraction of sp³-hybridized carbons (Fsp3) is 0.538. The minimum atomic E-state index is -0.604. The van der Waals surface area contributed by atoms with Crippen molar-refractivity contribution in [3.8, 4) is 0 Å². The molecule has 1 aliphatic rings. The number of piperidine rings is 1. The smallest absolute Gasteiger partial charge is 0.273 e. The Hall–Kier alpha value is -1.45. The number of rotatable bonds is 1. The summed E-state index contributed by atoms with van der Waals surface area (Å²) in [4.78, 5) is 17.8. The van der Waals surface area contributed by atoms with Gasteiger partial charge >= 0.3 is 0 Å². The van der Waals surface area contributed by atoms with Crippen LogP contribution in [0.5, 0.6) is 0 Å². The maximum absolute atomic E-state index is 13.0. The van der Waals surface area contributed by atoms with Crippen molar-refractivity contribution in [3.05, 3.63) is 29.8 Å². The molecule has 1 fully saturated rings. The van der Waals surface area contributed by atoms with Crippen LogP contribution in [0.1, 0.15) is 43.6 Å². The second kappa shape index (κ2) is 4.82. The number of amides is 1. The molecule has 2 atom stereocenters. The topological polar surface area (TPSA) is 33.2 Å². The molecule has 1 amide bonds. The maximum Gasteiger partial charge on any atom is 0.273 e. The lowest BCUT2D eigenvalue weighted by molar-refractivity contribution is 0.0503. The van der Waals surface area contributed by atoms with Crippen molar-refractivity contribution >= 4 is 5.91 Å². The van der Waals surface area contributed by atoms with E-state index in [4.69, 9.17) is 0 Å². The van der Waals surface area contributed by atoms with E-state index in [0.29, 0.717) is 0 Å². The van der Waals surface area contributed by atoms with Crippen LogP contribution < -0.4 is 0 Å². The Kier molecular flexibility index (Phi) is 3.41. The van der Waals surface area contributed by atoms with Gasteiger partial charge in [0.1, 0.15) is 5.69 Å². The summed E-state index contributed by atoms with van der Waals surface area (Å²) < 4.78 is 13.0. The van der Waals surface area contributed by atoms with E-state index in [9.17, 15) is 9.18 Å². The Morgan fingerprint density at radius 1 is 1.35 bits per heavy atom. The number of carbonyl (C=O) groups is 1. The zero-order valence-corrected chi connectivity index (χ0v) is 10.2. The molecular formula is C13H17FN2O. The first kappa shape index (κ1) is 12.0. The standard InChI is InChI=1S/C13H17FN2O/c1-9-5-3-6-10(2)16(9)13(17)11-7-4-8-12(14)15-11/h4,7-10H,3,5-6H2,1-2H3. The maximum atomic E-state index is 13.0. The van der Waals surface area contributed by atoms with Gasteiger partial charge in [0, 0.05) is 12.1 Å². The van der Waals surface area contributed by atoms with Crippen molar-refractivity contribution in [1.29, 1.82) is 0 Å². The normalized spacial score (nSPS) is 24.8. The van der Waals surface area contributed by atoms with Crippen LogP contribution in [-0.2, 0) is 0 Å². The lowest BCUT2D eigenvalue weighted by atomic mass is 9.97. The second-order valence-corrected chi connectivity index (χ2v) is 4.69. The van der Waals surface area contributed by atoms with E-state index in [1.807, 2.05) is 18.7 Å². The molecule has 0 radical (unpaired) electrons. The number of hydrogen-bond acceptors (Lipinski definition) is 2. The fourth-order valence-corrected chi connectivity index (χ4v) is 2.48. The quantitative estimate of drug-likeness (QED) is 0.702. The molecule has 92 valence electrons. The summed E-state index contributed by atoms with van der Waals surface area (Å²) in [5.41, 5.74) is 0.200. The molecule has 0 aliphatic carbocycles. The highest BCUT2D eigenvalue weighted by atomic mass is 19.1. The van der Waals surface area contributed by atoms with Gasteiger partial charge in [0.15, 0.2) is 0 Å². The van der Waals surface area contributed by atoms with Crippen LogP contribution >= 0.6 is 0 Å². The summed E-state index contributed by atoms with van der Waals surface area (Å²) in [5, 5.41) is 0. The van der Waals surface area contributed by atoms with E-state index in [-0.39, 0.29) is 23.7 Å². The van der Waals surface area contributed by atoms with Gasteiger partial charge < -0.3 is 4.90 Å². The van der Waals surface area contributed by atoms with Crippen LogP contribution in [0.3, 0.4) is 0 Å². The first-order valence-electron chi connectivity index (χ1n) is 6.05. The molecule has 4 heteroatoms. The number of carbonyl (C=O) groups excluding carboxylic acids is 1. The zero-order chi connectivity index (χ0) is 12.4. The summed E-state index contributed by atoms with van der Waals surface area (Å²) >= 11 is 0. The van der Waals surface area contributed by atoms with Crippen LogP contribution in [0.2, 0.25) is 0 Å². The zero-order valence-electron chi connectivity index (χ0n) is 10.2. The molecule has 2 unspecified atom stereocenters. The molecule has 2 heterocycles. The highest BCUT2D eigenvalue weighted by Crippen LogP contribution is 2.24. The van der Waals surface area contributed by atoms with Crippen molar-refractivity contribution in [1.82, 2.24) is 9.88 Å². The first-order valence-corrected chi connectivity index (χ1v) is 6.05. The molecule has 1 aliphatic heterocycles. The van der Waals surface area contributed by atoms with Crippen LogP contribution in [-0.4, -0.2) is 27.9 Å². The van der Waals surface area contributed by atoms with Gasteiger partial charge in [-0.25, -0.2) is 4.98 Å². The average Bonchev–Trinajstić information content (AvgIpc) is 2.28. The molecule has 1 aromatic rings. The number of halogens is 1. The lowest BCUT2D eigenvalue weighted by Crippen LogP contribution is -2.47. The Bertz CT molecular complexity index is 412. The van der Waals surface area contributed by atoms with Gasteiger partial charge in [-0.2, -0.15) is 4.39 Å². The highest BCUT2D eigenvalue weighted by Gasteiger charge is 2.30. The predicted molar refractivity (Wildman–Crippen MR) is 63.1 cm³/mol. The fourth-order valence-electron chi connectivity index (χ4n) is 2.48. The third kappa shape index (κ3) is 2.46. The van der Waals surface area contributed by atoms with Crippen LogP contribution in [0.25, 0.3) is 0 Å². The minimum absolute atomic E-state index is 0.163. The number of nitrogens with zero attached hydrogens (tertiary/aromatic N) is 2. The van der Waals surface area contributed by atoms with Gasteiger partial charge in [-0.1, -0.05) is 6.07 Å². The van der Waals surface area contributed by atoms with Crippen LogP contribution in [0, 0.1) is 5.95 Å². The molecule has 1 saturated heterocycles.